The first-order chi connectivity index (χ1) is 9.11. The van der Waals surface area contributed by atoms with Gasteiger partial charge in [0.1, 0.15) is 5.82 Å². The molecule has 0 saturated carbocycles. The molecule has 1 N–H and O–H groups in total. The number of hydrogen-bond donors (Lipinski definition) is 1. The summed E-state index contributed by atoms with van der Waals surface area (Å²) < 4.78 is 0. The summed E-state index contributed by atoms with van der Waals surface area (Å²) in [7, 11) is 2.08. The van der Waals surface area contributed by atoms with E-state index >= 15 is 0 Å². The van der Waals surface area contributed by atoms with Gasteiger partial charge in [-0.25, -0.2) is 4.98 Å². The Morgan fingerprint density at radius 1 is 1.63 bits per heavy atom. The number of likely N-dealkylation sites (N-methyl/N-ethyl adjacent to an activating group) is 1. The Hall–Kier alpha value is -1.01. The quantitative estimate of drug-likeness (QED) is 0.906. The number of piperazine rings is 1. The Bertz CT molecular complexity index is 409. The van der Waals surface area contributed by atoms with E-state index in [1.807, 2.05) is 17.4 Å². The maximum absolute atomic E-state index is 12.3. The number of nitrogens with one attached hydrogen (secondary N) is 1. The number of nitrogens with zero attached hydrogens (tertiary/aromatic N) is 3. The first kappa shape index (κ1) is 14.4. The molecule has 1 saturated heterocycles. The van der Waals surface area contributed by atoms with Crippen molar-refractivity contribution in [2.45, 2.75) is 24.6 Å². The molecule has 0 spiro atoms. The Labute approximate surface area is 118 Å². The van der Waals surface area contributed by atoms with Crippen LogP contribution in [0.15, 0.2) is 12.4 Å². The van der Waals surface area contributed by atoms with Gasteiger partial charge >= 0.3 is 0 Å². The van der Waals surface area contributed by atoms with Crippen LogP contribution in [0.25, 0.3) is 0 Å². The minimum atomic E-state index is 0.178. The lowest BCUT2D eigenvalue weighted by molar-refractivity contribution is -0.134. The summed E-state index contributed by atoms with van der Waals surface area (Å²) in [4.78, 5) is 24.0. The predicted octanol–water partition coefficient (Wildman–Crippen LogP) is 1.37. The lowest BCUT2D eigenvalue weighted by atomic mass is 10.1. The highest BCUT2D eigenvalue weighted by Gasteiger charge is 2.30. The Morgan fingerprint density at radius 3 is 3.05 bits per heavy atom. The first-order valence-electron chi connectivity index (χ1n) is 6.62. The van der Waals surface area contributed by atoms with E-state index in [2.05, 4.69) is 28.8 Å². The summed E-state index contributed by atoms with van der Waals surface area (Å²) >= 11 is 1.74. The highest BCUT2D eigenvalue weighted by Crippen LogP contribution is 2.22. The number of carbonyl (C=O) groups is 1. The molecule has 1 aliphatic heterocycles. The molecule has 19 heavy (non-hydrogen) atoms. The van der Waals surface area contributed by atoms with Crippen molar-refractivity contribution in [3.63, 3.8) is 0 Å². The Balaban J connectivity index is 1.99. The molecule has 2 unspecified atom stereocenters. The second-order valence-corrected chi connectivity index (χ2v) is 6.34. The normalized spacial score (nSPS) is 22.5. The average molecular weight is 282 g/mol. The zero-order valence-electron chi connectivity index (χ0n) is 11.8. The van der Waals surface area contributed by atoms with Crippen LogP contribution in [0.4, 0.5) is 0 Å². The molecule has 0 radical (unpaired) electrons. The standard InChI is InChI=1S/C13H22N4OS/c1-10(19-3)8-12(18)17-7-6-16(2)11(9-17)13-14-4-5-15-13/h4-5,10-11H,6-9H2,1-3H3,(H,14,15). The van der Waals surface area contributed by atoms with Crippen LogP contribution in [-0.2, 0) is 4.79 Å². The lowest BCUT2D eigenvalue weighted by Gasteiger charge is -2.38. The SMILES string of the molecule is CSC(C)CC(=O)N1CCN(C)C(c2ncc[nH]2)C1. The molecule has 1 amide bonds. The first-order valence-corrected chi connectivity index (χ1v) is 7.90. The van der Waals surface area contributed by atoms with Crippen LogP contribution in [0.5, 0.6) is 0 Å². The smallest absolute Gasteiger partial charge is 0.223 e. The van der Waals surface area contributed by atoms with Gasteiger partial charge < -0.3 is 9.88 Å². The predicted molar refractivity (Wildman–Crippen MR) is 78.1 cm³/mol. The molecular formula is C13H22N4OS. The molecule has 1 aromatic heterocycles. The maximum atomic E-state index is 12.3. The number of H-pyrrole nitrogens is 1. The average Bonchev–Trinajstić information content (AvgIpc) is 2.92. The molecule has 0 bridgehead atoms. The fourth-order valence-electron chi connectivity index (χ4n) is 2.31. The van der Waals surface area contributed by atoms with Crippen LogP contribution < -0.4 is 0 Å². The van der Waals surface area contributed by atoms with E-state index in [1.54, 1.807) is 18.0 Å². The van der Waals surface area contributed by atoms with Gasteiger partial charge in [-0.05, 0) is 13.3 Å². The number of aromatic nitrogens is 2. The van der Waals surface area contributed by atoms with Crippen LogP contribution in [0.3, 0.4) is 0 Å². The third kappa shape index (κ3) is 3.51. The fraction of sp³-hybridized carbons (Fsp3) is 0.692. The number of hydrogen-bond acceptors (Lipinski definition) is 4. The Morgan fingerprint density at radius 2 is 2.42 bits per heavy atom. The fourth-order valence-corrected chi connectivity index (χ4v) is 2.62. The molecule has 1 aliphatic rings. The minimum absolute atomic E-state index is 0.178. The molecule has 1 aromatic rings. The molecule has 0 aromatic carbocycles. The van der Waals surface area contributed by atoms with Gasteiger partial charge in [0.15, 0.2) is 0 Å². The zero-order valence-corrected chi connectivity index (χ0v) is 12.6. The van der Waals surface area contributed by atoms with Crippen molar-refractivity contribution in [1.82, 2.24) is 19.8 Å². The summed E-state index contributed by atoms with van der Waals surface area (Å²) in [6, 6.07) is 0.178. The molecule has 0 aliphatic carbocycles. The van der Waals surface area contributed by atoms with E-state index in [-0.39, 0.29) is 11.9 Å². The molecule has 106 valence electrons. The van der Waals surface area contributed by atoms with E-state index in [0.717, 1.165) is 25.5 Å². The van der Waals surface area contributed by atoms with Gasteiger partial charge in [-0.2, -0.15) is 11.8 Å². The van der Waals surface area contributed by atoms with Crippen LogP contribution in [0.2, 0.25) is 0 Å². The van der Waals surface area contributed by atoms with Gasteiger partial charge in [-0.1, -0.05) is 6.92 Å². The van der Waals surface area contributed by atoms with Crippen LogP contribution in [0, 0.1) is 0 Å². The monoisotopic (exact) mass is 282 g/mol. The van der Waals surface area contributed by atoms with Gasteiger partial charge in [0.2, 0.25) is 5.91 Å². The second-order valence-electron chi connectivity index (χ2n) is 5.06. The molecule has 2 rings (SSSR count). The molecule has 1 fully saturated rings. The van der Waals surface area contributed by atoms with E-state index in [9.17, 15) is 4.79 Å². The highest BCUT2D eigenvalue weighted by atomic mass is 32.2. The summed E-state index contributed by atoms with van der Waals surface area (Å²) in [6.45, 7) is 4.53. The molecule has 6 heteroatoms. The Kier molecular flexibility index (Phi) is 4.87. The summed E-state index contributed by atoms with van der Waals surface area (Å²) in [5.41, 5.74) is 0. The molecular weight excluding hydrogens is 260 g/mol. The summed E-state index contributed by atoms with van der Waals surface area (Å²) in [5.74, 6) is 1.20. The van der Waals surface area contributed by atoms with E-state index in [1.165, 1.54) is 0 Å². The number of rotatable bonds is 4. The van der Waals surface area contributed by atoms with E-state index in [0.29, 0.717) is 11.7 Å². The van der Waals surface area contributed by atoms with Gasteiger partial charge in [0.05, 0.1) is 6.04 Å². The minimum Gasteiger partial charge on any atom is -0.347 e. The van der Waals surface area contributed by atoms with Crippen molar-refractivity contribution in [1.29, 1.82) is 0 Å². The van der Waals surface area contributed by atoms with Crippen molar-refractivity contribution in [3.8, 4) is 0 Å². The molecule has 5 nitrogen and oxygen atoms in total. The zero-order chi connectivity index (χ0) is 13.8. The number of carbonyl (C=O) groups excluding carboxylic acids is 1. The maximum Gasteiger partial charge on any atom is 0.223 e. The van der Waals surface area contributed by atoms with Gasteiger partial charge in [0.25, 0.3) is 0 Å². The van der Waals surface area contributed by atoms with E-state index in [4.69, 9.17) is 0 Å². The summed E-state index contributed by atoms with van der Waals surface area (Å²) in [5, 5.41) is 0.384. The van der Waals surface area contributed by atoms with Crippen molar-refractivity contribution >= 4 is 17.7 Å². The van der Waals surface area contributed by atoms with Gasteiger partial charge in [-0.3, -0.25) is 9.69 Å². The van der Waals surface area contributed by atoms with Crippen molar-refractivity contribution in [3.05, 3.63) is 18.2 Å². The van der Waals surface area contributed by atoms with Crippen LogP contribution >= 0.6 is 11.8 Å². The highest BCUT2D eigenvalue weighted by molar-refractivity contribution is 7.99. The topological polar surface area (TPSA) is 52.2 Å². The third-order valence-corrected chi connectivity index (χ3v) is 4.67. The second kappa shape index (κ2) is 6.43. The van der Waals surface area contributed by atoms with Gasteiger partial charge in [0, 0.05) is 43.7 Å². The summed E-state index contributed by atoms with van der Waals surface area (Å²) in [6.07, 6.45) is 6.27. The van der Waals surface area contributed by atoms with Crippen LogP contribution in [0.1, 0.15) is 25.2 Å². The number of amides is 1. The third-order valence-electron chi connectivity index (χ3n) is 3.70. The largest absolute Gasteiger partial charge is 0.347 e. The lowest BCUT2D eigenvalue weighted by Crippen LogP contribution is -2.49. The van der Waals surface area contributed by atoms with Crippen LogP contribution in [-0.4, -0.2) is 63.9 Å². The molecule has 2 atom stereocenters. The molecule has 2 heterocycles. The van der Waals surface area contributed by atoms with Gasteiger partial charge in [-0.15, -0.1) is 0 Å². The number of imidazole rings is 1. The number of thioether (sulfide) groups is 1. The van der Waals surface area contributed by atoms with Crippen molar-refractivity contribution in [2.24, 2.45) is 0 Å². The van der Waals surface area contributed by atoms with E-state index < -0.39 is 0 Å². The van der Waals surface area contributed by atoms with Crippen molar-refractivity contribution in [2.75, 3.05) is 32.9 Å². The number of aromatic amines is 1. The van der Waals surface area contributed by atoms with Crippen molar-refractivity contribution < 1.29 is 4.79 Å².